The molecule has 1 N–H and O–H groups in total. The molecular formula is C28H30ClN3O6S. The summed E-state index contributed by atoms with van der Waals surface area (Å²) in [6, 6.07) is 20.7. The Morgan fingerprint density at radius 2 is 1.82 bits per heavy atom. The molecule has 3 aromatic carbocycles. The molecule has 11 heteroatoms. The number of fused-ring (bicyclic) bond motifs is 1. The lowest BCUT2D eigenvalue weighted by molar-refractivity contribution is -0.128. The molecule has 1 heterocycles. The summed E-state index contributed by atoms with van der Waals surface area (Å²) in [5, 5.41) is 3.02. The predicted octanol–water partition coefficient (Wildman–Crippen LogP) is 3.51. The highest BCUT2D eigenvalue weighted by atomic mass is 35.5. The van der Waals surface area contributed by atoms with Crippen molar-refractivity contribution in [3.05, 3.63) is 83.4 Å². The van der Waals surface area contributed by atoms with Gasteiger partial charge in [-0.2, -0.15) is 4.31 Å². The smallest absolute Gasteiger partial charge is 0.262 e. The van der Waals surface area contributed by atoms with Gasteiger partial charge in [0.05, 0.1) is 35.3 Å². The molecule has 0 aromatic heterocycles. The molecule has 9 nitrogen and oxygen atoms in total. The number of carbonyl (C=O) groups is 2. The third kappa shape index (κ3) is 6.70. The largest absolute Gasteiger partial charge is 0.492 e. The zero-order valence-electron chi connectivity index (χ0n) is 21.7. The van der Waals surface area contributed by atoms with E-state index in [1.54, 1.807) is 31.2 Å². The summed E-state index contributed by atoms with van der Waals surface area (Å²) in [5.74, 6) is -0.127. The SMILES string of the molecule is CCOc1ccc(S(=O)(=O)N(C)CC(=O)N2C[C@@H](C(=O)NCCc3ccccc3)Oc3ccccc32)cc1Cl. The van der Waals surface area contributed by atoms with Gasteiger partial charge in [-0.15, -0.1) is 0 Å². The van der Waals surface area contributed by atoms with Gasteiger partial charge in [-0.1, -0.05) is 54.1 Å². The molecule has 3 aromatic rings. The third-order valence-corrected chi connectivity index (χ3v) is 8.29. The van der Waals surface area contributed by atoms with Crippen LogP contribution in [-0.4, -0.2) is 63.9 Å². The van der Waals surface area contributed by atoms with E-state index in [0.717, 1.165) is 9.87 Å². The quantitative estimate of drug-likeness (QED) is 0.399. The van der Waals surface area contributed by atoms with Crippen LogP contribution in [0.4, 0.5) is 5.69 Å². The van der Waals surface area contributed by atoms with Gasteiger partial charge >= 0.3 is 0 Å². The van der Waals surface area contributed by atoms with Gasteiger partial charge in [0, 0.05) is 13.6 Å². The van der Waals surface area contributed by atoms with Crippen molar-refractivity contribution in [2.24, 2.45) is 0 Å². The van der Waals surface area contributed by atoms with E-state index < -0.39 is 28.6 Å². The van der Waals surface area contributed by atoms with Crippen molar-refractivity contribution in [3.8, 4) is 11.5 Å². The molecule has 4 rings (SSSR count). The number of nitrogens with zero attached hydrogens (tertiary/aromatic N) is 2. The molecule has 0 radical (unpaired) electrons. The second kappa shape index (κ2) is 12.5. The Hall–Kier alpha value is -3.60. The first kappa shape index (κ1) is 28.4. The summed E-state index contributed by atoms with van der Waals surface area (Å²) in [7, 11) is -2.72. The van der Waals surface area contributed by atoms with E-state index in [9.17, 15) is 18.0 Å². The Morgan fingerprint density at radius 1 is 1.10 bits per heavy atom. The molecule has 0 fully saturated rings. The van der Waals surface area contributed by atoms with Crippen LogP contribution in [0.15, 0.2) is 77.7 Å². The van der Waals surface area contributed by atoms with Gasteiger partial charge in [0.15, 0.2) is 6.10 Å². The van der Waals surface area contributed by atoms with Gasteiger partial charge in [-0.25, -0.2) is 8.42 Å². The molecular weight excluding hydrogens is 542 g/mol. The zero-order valence-corrected chi connectivity index (χ0v) is 23.2. The average Bonchev–Trinajstić information content (AvgIpc) is 2.94. The summed E-state index contributed by atoms with van der Waals surface area (Å²) >= 11 is 6.18. The number of amides is 2. The van der Waals surface area contributed by atoms with Crippen LogP contribution in [0.3, 0.4) is 0 Å². The number of hydrogen-bond donors (Lipinski definition) is 1. The highest BCUT2D eigenvalue weighted by molar-refractivity contribution is 7.89. The van der Waals surface area contributed by atoms with E-state index in [1.807, 2.05) is 30.3 Å². The molecule has 0 unspecified atom stereocenters. The van der Waals surface area contributed by atoms with Crippen LogP contribution in [0.5, 0.6) is 11.5 Å². The van der Waals surface area contributed by atoms with Crippen LogP contribution < -0.4 is 19.7 Å². The molecule has 39 heavy (non-hydrogen) atoms. The van der Waals surface area contributed by atoms with Gasteiger partial charge < -0.3 is 19.7 Å². The highest BCUT2D eigenvalue weighted by Crippen LogP contribution is 2.34. The Kier molecular flexibility index (Phi) is 9.11. The predicted molar refractivity (Wildman–Crippen MR) is 149 cm³/mol. The molecule has 206 valence electrons. The Morgan fingerprint density at radius 3 is 2.54 bits per heavy atom. The standard InChI is InChI=1S/C28H30ClN3O6S/c1-3-37-24-14-13-21(17-22(24)29)39(35,36)31(2)19-27(33)32-18-26(38-25-12-8-7-11-23(25)32)28(34)30-16-15-20-9-5-4-6-10-20/h4-14,17,26H,3,15-16,18-19H2,1-2H3,(H,30,34)/t26-/m0/s1. The van der Waals surface area contributed by atoms with Crippen molar-refractivity contribution in [1.82, 2.24) is 9.62 Å². The second-order valence-corrected chi connectivity index (χ2v) is 11.3. The Labute approximate surface area is 233 Å². The van der Waals surface area contributed by atoms with Gasteiger partial charge in [0.2, 0.25) is 15.9 Å². The molecule has 0 aliphatic carbocycles. The lowest BCUT2D eigenvalue weighted by atomic mass is 10.1. The Bertz CT molecular complexity index is 1430. The van der Waals surface area contributed by atoms with Gasteiger partial charge in [0.25, 0.3) is 5.91 Å². The third-order valence-electron chi connectivity index (χ3n) is 6.19. The van der Waals surface area contributed by atoms with Gasteiger partial charge in [-0.3, -0.25) is 9.59 Å². The molecule has 0 saturated heterocycles. The number of likely N-dealkylation sites (N-methyl/N-ethyl adjacent to an activating group) is 1. The average molecular weight is 572 g/mol. The number of carbonyl (C=O) groups excluding carboxylic acids is 2. The number of rotatable bonds is 10. The molecule has 1 aliphatic rings. The summed E-state index contributed by atoms with van der Waals surface area (Å²) in [5.41, 5.74) is 1.55. The van der Waals surface area contributed by atoms with Crippen molar-refractivity contribution in [3.63, 3.8) is 0 Å². The minimum absolute atomic E-state index is 0.0597. The van der Waals surface area contributed by atoms with E-state index in [2.05, 4.69) is 5.32 Å². The fourth-order valence-corrected chi connectivity index (χ4v) is 5.60. The van der Waals surface area contributed by atoms with Crippen LogP contribution in [0, 0.1) is 0 Å². The van der Waals surface area contributed by atoms with Crippen LogP contribution in [0.25, 0.3) is 0 Å². The van der Waals surface area contributed by atoms with Crippen LogP contribution in [0.2, 0.25) is 5.02 Å². The van der Waals surface area contributed by atoms with Crippen molar-refractivity contribution in [2.75, 3.05) is 38.2 Å². The number of halogens is 1. The fraction of sp³-hybridized carbons (Fsp3) is 0.286. The zero-order chi connectivity index (χ0) is 28.0. The molecule has 0 saturated carbocycles. The fourth-order valence-electron chi connectivity index (χ4n) is 4.15. The van der Waals surface area contributed by atoms with Crippen LogP contribution in [-0.2, 0) is 26.0 Å². The number of sulfonamides is 1. The van der Waals surface area contributed by atoms with Crippen molar-refractivity contribution in [2.45, 2.75) is 24.3 Å². The molecule has 1 aliphatic heterocycles. The maximum atomic E-state index is 13.4. The maximum absolute atomic E-state index is 13.4. The van der Waals surface area contributed by atoms with Crippen LogP contribution >= 0.6 is 11.6 Å². The van der Waals surface area contributed by atoms with E-state index >= 15 is 0 Å². The molecule has 1 atom stereocenters. The summed E-state index contributed by atoms with van der Waals surface area (Å²) in [6.45, 7) is 2.07. The van der Waals surface area contributed by atoms with E-state index in [1.165, 1.54) is 30.1 Å². The molecule has 0 spiro atoms. The lowest BCUT2D eigenvalue weighted by Crippen LogP contribution is -2.52. The van der Waals surface area contributed by atoms with Crippen molar-refractivity contribution < 1.29 is 27.5 Å². The number of para-hydroxylation sites is 2. The minimum Gasteiger partial charge on any atom is -0.492 e. The molecule has 0 bridgehead atoms. The topological polar surface area (TPSA) is 105 Å². The minimum atomic E-state index is -4.04. The van der Waals surface area contributed by atoms with E-state index in [0.29, 0.717) is 36.8 Å². The summed E-state index contributed by atoms with van der Waals surface area (Å²) < 4.78 is 38.6. The first-order valence-electron chi connectivity index (χ1n) is 12.5. The van der Waals surface area contributed by atoms with Crippen molar-refractivity contribution >= 4 is 39.1 Å². The first-order chi connectivity index (χ1) is 18.7. The van der Waals surface area contributed by atoms with Crippen molar-refractivity contribution in [1.29, 1.82) is 0 Å². The first-order valence-corrected chi connectivity index (χ1v) is 14.3. The lowest BCUT2D eigenvalue weighted by Gasteiger charge is -2.35. The van der Waals surface area contributed by atoms with Crippen LogP contribution in [0.1, 0.15) is 12.5 Å². The normalized spacial score (nSPS) is 14.9. The second-order valence-electron chi connectivity index (χ2n) is 8.89. The molecule has 2 amide bonds. The summed E-state index contributed by atoms with van der Waals surface area (Å²) in [6.07, 6.45) is -0.303. The Balaban J connectivity index is 1.46. The number of hydrogen-bond acceptors (Lipinski definition) is 6. The monoisotopic (exact) mass is 571 g/mol. The number of anilines is 1. The maximum Gasteiger partial charge on any atom is 0.262 e. The number of benzene rings is 3. The van der Waals surface area contributed by atoms with Gasteiger partial charge in [0.1, 0.15) is 11.5 Å². The van der Waals surface area contributed by atoms with E-state index in [4.69, 9.17) is 21.1 Å². The highest BCUT2D eigenvalue weighted by Gasteiger charge is 2.35. The van der Waals surface area contributed by atoms with E-state index in [-0.39, 0.29) is 22.4 Å². The summed E-state index contributed by atoms with van der Waals surface area (Å²) in [4.78, 5) is 27.7. The van der Waals surface area contributed by atoms with Gasteiger partial charge in [-0.05, 0) is 49.2 Å². The number of ether oxygens (including phenoxy) is 2. The number of nitrogens with one attached hydrogen (secondary N) is 1.